The number of aromatic nitrogens is 3. The molecule has 0 spiro atoms. The van der Waals surface area contributed by atoms with Crippen molar-refractivity contribution in [1.29, 1.82) is 0 Å². The summed E-state index contributed by atoms with van der Waals surface area (Å²) >= 11 is 7.32. The number of hydrogen-bond acceptors (Lipinski definition) is 4. The number of nitrogens with zero attached hydrogens (tertiary/aromatic N) is 3. The Morgan fingerprint density at radius 1 is 1.33 bits per heavy atom. The Bertz CT molecular complexity index is 751. The Morgan fingerprint density at radius 3 is 2.95 bits per heavy atom. The van der Waals surface area contributed by atoms with Gasteiger partial charge in [-0.15, -0.1) is 11.3 Å². The van der Waals surface area contributed by atoms with Crippen LogP contribution in [-0.4, -0.2) is 27.2 Å². The van der Waals surface area contributed by atoms with Crippen LogP contribution < -0.4 is 10.6 Å². The van der Waals surface area contributed by atoms with Crippen LogP contribution in [0.25, 0.3) is 4.96 Å². The van der Waals surface area contributed by atoms with Crippen molar-refractivity contribution in [1.82, 2.24) is 19.9 Å². The number of anilines is 1. The molecule has 0 saturated heterocycles. The Balaban J connectivity index is 1.50. The van der Waals surface area contributed by atoms with Gasteiger partial charge in [0.2, 0.25) is 4.96 Å². The van der Waals surface area contributed by atoms with Gasteiger partial charge in [0.05, 0.1) is 5.69 Å². The van der Waals surface area contributed by atoms with Crippen molar-refractivity contribution < 1.29 is 4.79 Å². The number of carbonyl (C=O) groups is 1. The first kappa shape index (κ1) is 13.8. The van der Waals surface area contributed by atoms with Gasteiger partial charge in [-0.05, 0) is 24.3 Å². The van der Waals surface area contributed by atoms with Gasteiger partial charge in [0.1, 0.15) is 6.33 Å². The second-order valence-electron chi connectivity index (χ2n) is 4.32. The molecule has 0 unspecified atom stereocenters. The Labute approximate surface area is 129 Å². The van der Waals surface area contributed by atoms with Crippen LogP contribution in [0, 0.1) is 0 Å². The summed E-state index contributed by atoms with van der Waals surface area (Å²) in [5, 5.41) is 12.3. The zero-order valence-corrected chi connectivity index (χ0v) is 12.5. The summed E-state index contributed by atoms with van der Waals surface area (Å²) in [6.07, 6.45) is 2.22. The van der Waals surface area contributed by atoms with Crippen molar-refractivity contribution in [2.24, 2.45) is 0 Å². The maximum absolute atomic E-state index is 11.8. The van der Waals surface area contributed by atoms with Gasteiger partial charge >= 0.3 is 6.03 Å². The highest BCUT2D eigenvalue weighted by molar-refractivity contribution is 7.15. The van der Waals surface area contributed by atoms with Crippen LogP contribution in [-0.2, 0) is 6.42 Å². The summed E-state index contributed by atoms with van der Waals surface area (Å²) in [6.45, 7) is 0.519. The number of thiazole rings is 1. The monoisotopic (exact) mass is 321 g/mol. The highest BCUT2D eigenvalue weighted by Crippen LogP contribution is 2.14. The second-order valence-corrected chi connectivity index (χ2v) is 5.59. The fraction of sp³-hybridized carbons (Fsp3) is 0.154. The van der Waals surface area contributed by atoms with E-state index in [1.807, 2.05) is 5.38 Å². The number of carbonyl (C=O) groups excluding carboxylic acids is 1. The minimum Gasteiger partial charge on any atom is -0.337 e. The van der Waals surface area contributed by atoms with Crippen LogP contribution in [0.3, 0.4) is 0 Å². The van der Waals surface area contributed by atoms with Crippen LogP contribution >= 0.6 is 22.9 Å². The summed E-state index contributed by atoms with van der Waals surface area (Å²) in [5.41, 5.74) is 1.73. The molecule has 2 amide bonds. The van der Waals surface area contributed by atoms with Gasteiger partial charge in [-0.3, -0.25) is 0 Å². The zero-order valence-electron chi connectivity index (χ0n) is 10.9. The maximum Gasteiger partial charge on any atom is 0.319 e. The van der Waals surface area contributed by atoms with Crippen LogP contribution in [0.4, 0.5) is 10.5 Å². The molecule has 0 bridgehead atoms. The number of rotatable bonds is 4. The topological polar surface area (TPSA) is 71.3 Å². The second kappa shape index (κ2) is 6.11. The largest absolute Gasteiger partial charge is 0.337 e. The third kappa shape index (κ3) is 3.32. The molecule has 108 valence electrons. The van der Waals surface area contributed by atoms with Gasteiger partial charge in [0.15, 0.2) is 0 Å². The van der Waals surface area contributed by atoms with E-state index in [4.69, 9.17) is 11.6 Å². The minimum absolute atomic E-state index is 0.248. The van der Waals surface area contributed by atoms with Gasteiger partial charge in [0.25, 0.3) is 0 Å². The molecule has 0 fully saturated rings. The molecule has 2 heterocycles. The minimum atomic E-state index is -0.248. The number of halogens is 1. The van der Waals surface area contributed by atoms with E-state index in [2.05, 4.69) is 20.7 Å². The number of hydrogen-bond donors (Lipinski definition) is 2. The van der Waals surface area contributed by atoms with E-state index >= 15 is 0 Å². The average molecular weight is 322 g/mol. The number of nitrogens with one attached hydrogen (secondary N) is 2. The first-order valence-corrected chi connectivity index (χ1v) is 7.54. The lowest BCUT2D eigenvalue weighted by Gasteiger charge is -2.07. The standard InChI is InChI=1S/C13H12ClN5OS/c14-9-1-3-10(4-2-9)18-12(20)15-6-5-11-7-21-13-16-8-17-19(11)13/h1-4,7-8H,5-6H2,(H2,15,18,20). The van der Waals surface area contributed by atoms with E-state index in [1.54, 1.807) is 28.8 Å². The summed E-state index contributed by atoms with van der Waals surface area (Å²) < 4.78 is 1.78. The van der Waals surface area contributed by atoms with Crippen molar-refractivity contribution in [2.45, 2.75) is 6.42 Å². The molecule has 0 saturated carbocycles. The maximum atomic E-state index is 11.8. The highest BCUT2D eigenvalue weighted by atomic mass is 35.5. The molecular weight excluding hydrogens is 310 g/mol. The molecule has 1 aromatic carbocycles. The Kier molecular flexibility index (Phi) is 4.03. The van der Waals surface area contributed by atoms with E-state index in [0.717, 1.165) is 10.7 Å². The van der Waals surface area contributed by atoms with Gasteiger partial charge in [0, 0.05) is 29.1 Å². The third-order valence-corrected chi connectivity index (χ3v) is 3.99. The van der Waals surface area contributed by atoms with Gasteiger partial charge in [-0.2, -0.15) is 5.10 Å². The molecular formula is C13H12ClN5OS. The number of fused-ring (bicyclic) bond motifs is 1. The molecule has 8 heteroatoms. The molecule has 0 radical (unpaired) electrons. The summed E-state index contributed by atoms with van der Waals surface area (Å²) in [6, 6.07) is 6.70. The Hall–Kier alpha value is -2.12. The van der Waals surface area contributed by atoms with Crippen LogP contribution in [0.2, 0.25) is 5.02 Å². The highest BCUT2D eigenvalue weighted by Gasteiger charge is 2.06. The predicted octanol–water partition coefficient (Wildman–Crippen LogP) is 2.81. The normalized spacial score (nSPS) is 10.7. The Morgan fingerprint density at radius 2 is 2.14 bits per heavy atom. The van der Waals surface area contributed by atoms with E-state index in [9.17, 15) is 4.79 Å². The molecule has 0 atom stereocenters. The fourth-order valence-electron chi connectivity index (χ4n) is 1.86. The predicted molar refractivity (Wildman–Crippen MR) is 83.0 cm³/mol. The zero-order chi connectivity index (χ0) is 14.7. The molecule has 2 aromatic heterocycles. The summed E-state index contributed by atoms with van der Waals surface area (Å²) in [4.78, 5) is 16.7. The van der Waals surface area contributed by atoms with E-state index in [1.165, 1.54) is 17.7 Å². The molecule has 3 rings (SSSR count). The first-order chi connectivity index (χ1) is 10.2. The number of benzene rings is 1. The van der Waals surface area contributed by atoms with Crippen molar-refractivity contribution in [3.63, 3.8) is 0 Å². The molecule has 6 nitrogen and oxygen atoms in total. The van der Waals surface area contributed by atoms with Gasteiger partial charge < -0.3 is 10.6 Å². The molecule has 21 heavy (non-hydrogen) atoms. The lowest BCUT2D eigenvalue weighted by molar-refractivity contribution is 0.252. The van der Waals surface area contributed by atoms with Crippen molar-refractivity contribution in [3.8, 4) is 0 Å². The molecule has 0 aliphatic carbocycles. The van der Waals surface area contributed by atoms with E-state index in [0.29, 0.717) is 23.7 Å². The lowest BCUT2D eigenvalue weighted by Crippen LogP contribution is -2.30. The van der Waals surface area contributed by atoms with Crippen molar-refractivity contribution >= 4 is 39.6 Å². The van der Waals surface area contributed by atoms with Gasteiger partial charge in [-0.1, -0.05) is 11.6 Å². The SMILES string of the molecule is O=C(NCCc1csc2ncnn12)Nc1ccc(Cl)cc1. The smallest absolute Gasteiger partial charge is 0.319 e. The summed E-state index contributed by atoms with van der Waals surface area (Å²) in [7, 11) is 0. The third-order valence-electron chi connectivity index (χ3n) is 2.86. The van der Waals surface area contributed by atoms with Crippen LogP contribution in [0.5, 0.6) is 0 Å². The van der Waals surface area contributed by atoms with E-state index < -0.39 is 0 Å². The van der Waals surface area contributed by atoms with E-state index in [-0.39, 0.29) is 6.03 Å². The molecule has 0 aliphatic heterocycles. The average Bonchev–Trinajstić information content (AvgIpc) is 3.06. The van der Waals surface area contributed by atoms with Gasteiger partial charge in [-0.25, -0.2) is 14.3 Å². The van der Waals surface area contributed by atoms with Crippen molar-refractivity contribution in [2.75, 3.05) is 11.9 Å². The molecule has 3 aromatic rings. The molecule has 2 N–H and O–H groups in total. The quantitative estimate of drug-likeness (QED) is 0.776. The first-order valence-electron chi connectivity index (χ1n) is 6.29. The fourth-order valence-corrected chi connectivity index (χ4v) is 2.81. The molecule has 0 aliphatic rings. The van der Waals surface area contributed by atoms with Crippen molar-refractivity contribution in [3.05, 3.63) is 46.7 Å². The number of urea groups is 1. The van der Waals surface area contributed by atoms with Crippen LogP contribution in [0.1, 0.15) is 5.69 Å². The lowest BCUT2D eigenvalue weighted by atomic mass is 10.3. The van der Waals surface area contributed by atoms with Crippen LogP contribution in [0.15, 0.2) is 36.0 Å². The number of amides is 2. The summed E-state index contributed by atoms with van der Waals surface area (Å²) in [5.74, 6) is 0.